The molecule has 1 unspecified atom stereocenters. The van der Waals surface area contributed by atoms with E-state index in [2.05, 4.69) is 12.2 Å². The molecule has 0 bridgehead atoms. The van der Waals surface area contributed by atoms with Crippen molar-refractivity contribution in [2.24, 2.45) is 11.7 Å². The predicted molar refractivity (Wildman–Crippen MR) is 57.8 cm³/mol. The van der Waals surface area contributed by atoms with E-state index in [4.69, 9.17) is 5.73 Å². The van der Waals surface area contributed by atoms with Gasteiger partial charge in [0.2, 0.25) is 5.91 Å². The number of nitrogens with one attached hydrogen (secondary N) is 1. The van der Waals surface area contributed by atoms with Crippen LogP contribution in [0, 0.1) is 5.92 Å². The number of rotatable bonds is 4. The highest BCUT2D eigenvalue weighted by atomic mass is 16.1. The van der Waals surface area contributed by atoms with Crippen LogP contribution >= 0.6 is 0 Å². The number of carbonyl (C=O) groups excluding carboxylic acids is 1. The molecule has 0 aromatic carbocycles. The van der Waals surface area contributed by atoms with Gasteiger partial charge in [-0.3, -0.25) is 4.79 Å². The summed E-state index contributed by atoms with van der Waals surface area (Å²) in [6, 6.07) is 0.318. The van der Waals surface area contributed by atoms with E-state index >= 15 is 0 Å². The lowest BCUT2D eigenvalue weighted by molar-refractivity contribution is -0.123. The van der Waals surface area contributed by atoms with E-state index in [9.17, 15) is 4.79 Å². The van der Waals surface area contributed by atoms with Crippen molar-refractivity contribution in [2.75, 3.05) is 0 Å². The van der Waals surface area contributed by atoms with E-state index in [1.165, 1.54) is 19.3 Å². The van der Waals surface area contributed by atoms with Gasteiger partial charge in [-0.25, -0.2) is 0 Å². The van der Waals surface area contributed by atoms with Crippen molar-refractivity contribution in [2.45, 2.75) is 58.0 Å². The molecule has 82 valence electrons. The van der Waals surface area contributed by atoms with Crippen molar-refractivity contribution in [1.29, 1.82) is 0 Å². The van der Waals surface area contributed by atoms with Gasteiger partial charge in [-0.2, -0.15) is 0 Å². The second-order valence-corrected chi connectivity index (χ2v) is 5.21. The van der Waals surface area contributed by atoms with Crippen molar-refractivity contribution in [3.05, 3.63) is 0 Å². The van der Waals surface area contributed by atoms with Gasteiger partial charge in [-0.15, -0.1) is 0 Å². The lowest BCUT2D eigenvalue weighted by Crippen LogP contribution is -2.45. The summed E-state index contributed by atoms with van der Waals surface area (Å²) in [6.45, 7) is 5.84. The van der Waals surface area contributed by atoms with E-state index in [1.54, 1.807) is 0 Å². The molecule has 1 atom stereocenters. The van der Waals surface area contributed by atoms with Crippen LogP contribution in [0.5, 0.6) is 0 Å². The average Bonchev–Trinajstić information content (AvgIpc) is 1.75. The Bertz CT molecular complexity index is 204. The van der Waals surface area contributed by atoms with Crippen LogP contribution in [0.15, 0.2) is 0 Å². The first-order chi connectivity index (χ1) is 6.38. The van der Waals surface area contributed by atoms with Crippen molar-refractivity contribution in [3.63, 3.8) is 0 Å². The molecule has 0 aliphatic heterocycles. The molecular weight excluding hydrogens is 176 g/mol. The number of hydrogen-bond donors (Lipinski definition) is 2. The maximum Gasteiger partial charge on any atom is 0.222 e. The normalized spacial score (nSPS) is 20.0. The third-order valence-corrected chi connectivity index (χ3v) is 2.86. The van der Waals surface area contributed by atoms with Gasteiger partial charge in [-0.05, 0) is 39.5 Å². The second-order valence-electron chi connectivity index (χ2n) is 5.21. The first-order valence-corrected chi connectivity index (χ1v) is 5.47. The van der Waals surface area contributed by atoms with Crippen molar-refractivity contribution >= 4 is 5.91 Å². The van der Waals surface area contributed by atoms with Crippen LogP contribution in [0.4, 0.5) is 0 Å². The molecule has 0 heterocycles. The van der Waals surface area contributed by atoms with Crippen LogP contribution in [0.2, 0.25) is 0 Å². The van der Waals surface area contributed by atoms with Crippen LogP contribution in [0.25, 0.3) is 0 Å². The first kappa shape index (κ1) is 11.5. The third-order valence-electron chi connectivity index (χ3n) is 2.86. The molecule has 1 fully saturated rings. The van der Waals surface area contributed by atoms with Gasteiger partial charge in [0, 0.05) is 18.0 Å². The van der Waals surface area contributed by atoms with Gasteiger partial charge in [0.25, 0.3) is 0 Å². The van der Waals surface area contributed by atoms with Crippen LogP contribution in [-0.4, -0.2) is 17.5 Å². The molecule has 1 aliphatic rings. The molecule has 3 heteroatoms. The van der Waals surface area contributed by atoms with Gasteiger partial charge in [-0.1, -0.05) is 6.42 Å². The minimum Gasteiger partial charge on any atom is -0.353 e. The largest absolute Gasteiger partial charge is 0.353 e. The van der Waals surface area contributed by atoms with Crippen LogP contribution in [0.1, 0.15) is 46.5 Å². The van der Waals surface area contributed by atoms with Gasteiger partial charge in [0.1, 0.15) is 0 Å². The lowest BCUT2D eigenvalue weighted by atomic mass is 9.80. The monoisotopic (exact) mass is 198 g/mol. The smallest absolute Gasteiger partial charge is 0.222 e. The predicted octanol–water partition coefficient (Wildman–Crippen LogP) is 1.42. The maximum absolute atomic E-state index is 11.5. The summed E-state index contributed by atoms with van der Waals surface area (Å²) >= 11 is 0. The van der Waals surface area contributed by atoms with E-state index in [0.717, 1.165) is 0 Å². The van der Waals surface area contributed by atoms with Crippen molar-refractivity contribution in [3.8, 4) is 0 Å². The number of amides is 1. The SMILES string of the molecule is CC(NC(=O)CC(C)(C)N)C1CCC1. The molecule has 3 nitrogen and oxygen atoms in total. The Labute approximate surface area is 86.4 Å². The van der Waals surface area contributed by atoms with E-state index < -0.39 is 5.54 Å². The Morgan fingerprint density at radius 1 is 1.57 bits per heavy atom. The maximum atomic E-state index is 11.5. The lowest BCUT2D eigenvalue weighted by Gasteiger charge is -2.32. The third kappa shape index (κ3) is 3.66. The van der Waals surface area contributed by atoms with Crippen LogP contribution in [-0.2, 0) is 4.79 Å². The van der Waals surface area contributed by atoms with Crippen LogP contribution in [0.3, 0.4) is 0 Å². The van der Waals surface area contributed by atoms with Crippen molar-refractivity contribution < 1.29 is 4.79 Å². The highest BCUT2D eigenvalue weighted by molar-refractivity contribution is 5.77. The summed E-state index contributed by atoms with van der Waals surface area (Å²) in [5.41, 5.74) is 5.37. The summed E-state index contributed by atoms with van der Waals surface area (Å²) in [5.74, 6) is 0.775. The molecule has 1 amide bonds. The summed E-state index contributed by atoms with van der Waals surface area (Å²) in [5, 5.41) is 3.02. The van der Waals surface area contributed by atoms with Gasteiger partial charge in [0.05, 0.1) is 0 Å². The molecule has 3 N–H and O–H groups in total. The molecule has 1 saturated carbocycles. The Morgan fingerprint density at radius 3 is 2.50 bits per heavy atom. The highest BCUT2D eigenvalue weighted by Gasteiger charge is 2.26. The molecule has 1 rings (SSSR count). The Balaban J connectivity index is 2.25. The highest BCUT2D eigenvalue weighted by Crippen LogP contribution is 2.29. The summed E-state index contributed by atoms with van der Waals surface area (Å²) in [7, 11) is 0. The van der Waals surface area contributed by atoms with Crippen LogP contribution < -0.4 is 11.1 Å². The number of nitrogens with two attached hydrogens (primary N) is 1. The zero-order valence-corrected chi connectivity index (χ0v) is 9.47. The quantitative estimate of drug-likeness (QED) is 0.717. The summed E-state index contributed by atoms with van der Waals surface area (Å²) in [6.07, 6.45) is 4.23. The molecule has 1 aliphatic carbocycles. The van der Waals surface area contributed by atoms with Gasteiger partial charge in [0.15, 0.2) is 0 Å². The second kappa shape index (κ2) is 4.30. The molecule has 0 saturated heterocycles. The molecule has 0 radical (unpaired) electrons. The van der Waals surface area contributed by atoms with E-state index in [0.29, 0.717) is 18.4 Å². The fraction of sp³-hybridized carbons (Fsp3) is 0.909. The Morgan fingerprint density at radius 2 is 2.14 bits per heavy atom. The Kier molecular flexibility index (Phi) is 3.53. The fourth-order valence-electron chi connectivity index (χ4n) is 1.78. The van der Waals surface area contributed by atoms with Gasteiger partial charge >= 0.3 is 0 Å². The molecule has 0 aromatic heterocycles. The molecule has 14 heavy (non-hydrogen) atoms. The summed E-state index contributed by atoms with van der Waals surface area (Å²) in [4.78, 5) is 11.5. The average molecular weight is 198 g/mol. The first-order valence-electron chi connectivity index (χ1n) is 5.47. The standard InChI is InChI=1S/C11H22N2O/c1-8(9-5-4-6-9)13-10(14)7-11(2,3)12/h8-9H,4-7,12H2,1-3H3,(H,13,14). The molecule has 0 aromatic rings. The van der Waals surface area contributed by atoms with E-state index in [1.807, 2.05) is 13.8 Å². The molecule has 0 spiro atoms. The number of carbonyl (C=O) groups is 1. The topological polar surface area (TPSA) is 55.1 Å². The van der Waals surface area contributed by atoms with Gasteiger partial charge < -0.3 is 11.1 Å². The molecular formula is C11H22N2O. The van der Waals surface area contributed by atoms with Crippen molar-refractivity contribution in [1.82, 2.24) is 5.32 Å². The fourth-order valence-corrected chi connectivity index (χ4v) is 1.78. The minimum atomic E-state index is -0.399. The Hall–Kier alpha value is -0.570. The number of hydrogen-bond acceptors (Lipinski definition) is 2. The summed E-state index contributed by atoms with van der Waals surface area (Å²) < 4.78 is 0. The van der Waals surface area contributed by atoms with E-state index in [-0.39, 0.29) is 5.91 Å². The minimum absolute atomic E-state index is 0.0805. The zero-order valence-electron chi connectivity index (χ0n) is 9.47. The zero-order chi connectivity index (χ0) is 10.8.